The first-order chi connectivity index (χ1) is 11.1. The third-order valence-corrected chi connectivity index (χ3v) is 4.84. The largest absolute Gasteiger partial charge is 0.369 e. The van der Waals surface area contributed by atoms with E-state index in [1.54, 1.807) is 0 Å². The molecule has 1 amide bonds. The lowest BCUT2D eigenvalue weighted by atomic mass is 10.0. The van der Waals surface area contributed by atoms with Crippen molar-refractivity contribution in [2.24, 2.45) is 0 Å². The van der Waals surface area contributed by atoms with Gasteiger partial charge in [0.15, 0.2) is 0 Å². The van der Waals surface area contributed by atoms with Crippen LogP contribution in [0.5, 0.6) is 0 Å². The molecular formula is C19H21BrN2O. The van der Waals surface area contributed by atoms with E-state index in [0.717, 1.165) is 16.7 Å². The Kier molecular flexibility index (Phi) is 5.01. The van der Waals surface area contributed by atoms with Gasteiger partial charge in [-0.3, -0.25) is 4.79 Å². The van der Waals surface area contributed by atoms with Gasteiger partial charge < -0.3 is 10.2 Å². The summed E-state index contributed by atoms with van der Waals surface area (Å²) in [6.07, 6.45) is 3.82. The van der Waals surface area contributed by atoms with E-state index in [0.29, 0.717) is 11.6 Å². The smallest absolute Gasteiger partial charge is 0.255 e. The molecule has 3 rings (SSSR count). The lowest BCUT2D eigenvalue weighted by Gasteiger charge is -2.35. The van der Waals surface area contributed by atoms with Crippen molar-refractivity contribution in [1.29, 1.82) is 0 Å². The maximum atomic E-state index is 12.3. The molecule has 1 N–H and O–H groups in total. The first kappa shape index (κ1) is 16.1. The van der Waals surface area contributed by atoms with Crippen molar-refractivity contribution in [2.45, 2.75) is 32.2 Å². The number of carbonyl (C=O) groups excluding carboxylic acids is 1. The standard InChI is InChI=1S/C19H21BrN2O/c1-14-5-2-3-12-22(14)18-10-8-17(9-11-18)21-19(23)15-6-4-7-16(20)13-15/h4,6-11,13-14H,2-3,5,12H2,1H3,(H,21,23)/t14-/m1/s1. The van der Waals surface area contributed by atoms with Gasteiger partial charge in [0.05, 0.1) is 0 Å². The molecule has 1 aliphatic rings. The van der Waals surface area contributed by atoms with Crippen LogP contribution in [-0.4, -0.2) is 18.5 Å². The summed E-state index contributed by atoms with van der Waals surface area (Å²) in [5.74, 6) is -0.0922. The molecule has 2 aromatic carbocycles. The second-order valence-electron chi connectivity index (χ2n) is 6.05. The monoisotopic (exact) mass is 372 g/mol. The average Bonchev–Trinajstić information content (AvgIpc) is 2.56. The van der Waals surface area contributed by atoms with Crippen LogP contribution in [0.15, 0.2) is 53.0 Å². The van der Waals surface area contributed by atoms with E-state index >= 15 is 0 Å². The Morgan fingerprint density at radius 3 is 2.65 bits per heavy atom. The van der Waals surface area contributed by atoms with Crippen LogP contribution in [0.2, 0.25) is 0 Å². The number of hydrogen-bond donors (Lipinski definition) is 1. The SMILES string of the molecule is C[C@@H]1CCCCN1c1ccc(NC(=O)c2cccc(Br)c2)cc1. The van der Waals surface area contributed by atoms with Gasteiger partial charge in [-0.05, 0) is 68.7 Å². The van der Waals surface area contributed by atoms with Crippen LogP contribution in [0.1, 0.15) is 36.5 Å². The number of nitrogens with zero attached hydrogens (tertiary/aromatic N) is 1. The van der Waals surface area contributed by atoms with Crippen molar-refractivity contribution < 1.29 is 4.79 Å². The molecule has 0 saturated carbocycles. The minimum absolute atomic E-state index is 0.0922. The Hall–Kier alpha value is -1.81. The molecule has 0 spiro atoms. The van der Waals surface area contributed by atoms with Gasteiger partial charge in [0, 0.05) is 34.0 Å². The number of hydrogen-bond acceptors (Lipinski definition) is 2. The summed E-state index contributed by atoms with van der Waals surface area (Å²) in [4.78, 5) is 14.7. The van der Waals surface area contributed by atoms with E-state index in [2.05, 4.69) is 45.2 Å². The summed E-state index contributed by atoms with van der Waals surface area (Å²) in [5, 5.41) is 2.95. The molecule has 1 aliphatic heterocycles. The van der Waals surface area contributed by atoms with E-state index in [9.17, 15) is 4.79 Å². The molecule has 0 bridgehead atoms. The van der Waals surface area contributed by atoms with Gasteiger partial charge in [0.25, 0.3) is 5.91 Å². The Labute approximate surface area is 145 Å². The van der Waals surface area contributed by atoms with Crippen molar-refractivity contribution in [1.82, 2.24) is 0 Å². The minimum atomic E-state index is -0.0922. The fourth-order valence-corrected chi connectivity index (χ4v) is 3.45. The van der Waals surface area contributed by atoms with Gasteiger partial charge >= 0.3 is 0 Å². The van der Waals surface area contributed by atoms with Gasteiger partial charge in [-0.15, -0.1) is 0 Å². The van der Waals surface area contributed by atoms with E-state index in [1.165, 1.54) is 24.9 Å². The number of piperidine rings is 1. The second-order valence-corrected chi connectivity index (χ2v) is 6.97. The molecular weight excluding hydrogens is 352 g/mol. The van der Waals surface area contributed by atoms with Gasteiger partial charge in [-0.2, -0.15) is 0 Å². The molecule has 1 saturated heterocycles. The lowest BCUT2D eigenvalue weighted by Crippen LogP contribution is -2.37. The van der Waals surface area contributed by atoms with Crippen molar-refractivity contribution >= 4 is 33.2 Å². The number of carbonyl (C=O) groups is 1. The quantitative estimate of drug-likeness (QED) is 0.814. The molecule has 0 aliphatic carbocycles. The summed E-state index contributed by atoms with van der Waals surface area (Å²) in [7, 11) is 0. The minimum Gasteiger partial charge on any atom is -0.369 e. The summed E-state index contributed by atoms with van der Waals surface area (Å²) in [6, 6.07) is 16.1. The predicted octanol–water partition coefficient (Wildman–Crippen LogP) is 5.08. The van der Waals surface area contributed by atoms with Crippen molar-refractivity contribution in [3.63, 3.8) is 0 Å². The van der Waals surface area contributed by atoms with Crippen LogP contribution in [0.3, 0.4) is 0 Å². The van der Waals surface area contributed by atoms with Crippen molar-refractivity contribution in [3.8, 4) is 0 Å². The Morgan fingerprint density at radius 1 is 1.17 bits per heavy atom. The fraction of sp³-hybridized carbons (Fsp3) is 0.316. The fourth-order valence-electron chi connectivity index (χ4n) is 3.05. The molecule has 0 unspecified atom stereocenters. The number of amides is 1. The molecule has 120 valence electrons. The highest BCUT2D eigenvalue weighted by molar-refractivity contribution is 9.10. The molecule has 3 nitrogen and oxygen atoms in total. The summed E-state index contributed by atoms with van der Waals surface area (Å²) in [5.41, 5.74) is 2.70. The maximum Gasteiger partial charge on any atom is 0.255 e. The molecule has 1 atom stereocenters. The Balaban J connectivity index is 1.69. The van der Waals surface area contributed by atoms with Crippen LogP contribution < -0.4 is 10.2 Å². The van der Waals surface area contributed by atoms with E-state index in [1.807, 2.05) is 36.4 Å². The first-order valence-corrected chi connectivity index (χ1v) is 8.86. The zero-order valence-corrected chi connectivity index (χ0v) is 14.8. The average molecular weight is 373 g/mol. The molecule has 23 heavy (non-hydrogen) atoms. The van der Waals surface area contributed by atoms with Gasteiger partial charge in [-0.25, -0.2) is 0 Å². The van der Waals surface area contributed by atoms with Gasteiger partial charge in [0.2, 0.25) is 0 Å². The highest BCUT2D eigenvalue weighted by atomic mass is 79.9. The Bertz CT molecular complexity index is 684. The normalized spacial score (nSPS) is 17.8. The van der Waals surface area contributed by atoms with Crippen LogP contribution in [0, 0.1) is 0 Å². The second kappa shape index (κ2) is 7.18. The van der Waals surface area contributed by atoms with E-state index < -0.39 is 0 Å². The predicted molar refractivity (Wildman–Crippen MR) is 99.2 cm³/mol. The molecule has 0 radical (unpaired) electrons. The zero-order valence-electron chi connectivity index (χ0n) is 13.3. The van der Waals surface area contributed by atoms with E-state index in [-0.39, 0.29) is 5.91 Å². The molecule has 1 fully saturated rings. The third-order valence-electron chi connectivity index (χ3n) is 4.35. The number of halogens is 1. The molecule has 0 aromatic heterocycles. The third kappa shape index (κ3) is 3.94. The van der Waals surface area contributed by atoms with Gasteiger partial charge in [0.1, 0.15) is 0 Å². The van der Waals surface area contributed by atoms with Crippen molar-refractivity contribution in [3.05, 3.63) is 58.6 Å². The maximum absolute atomic E-state index is 12.3. The highest BCUT2D eigenvalue weighted by Crippen LogP contribution is 2.26. The number of anilines is 2. The zero-order chi connectivity index (χ0) is 16.2. The number of rotatable bonds is 3. The van der Waals surface area contributed by atoms with Gasteiger partial charge in [-0.1, -0.05) is 22.0 Å². The summed E-state index contributed by atoms with van der Waals surface area (Å²) < 4.78 is 0.902. The van der Waals surface area contributed by atoms with Crippen LogP contribution in [0.4, 0.5) is 11.4 Å². The summed E-state index contributed by atoms with van der Waals surface area (Å²) >= 11 is 3.39. The molecule has 2 aromatic rings. The summed E-state index contributed by atoms with van der Waals surface area (Å²) in [6.45, 7) is 3.40. The number of nitrogens with one attached hydrogen (secondary N) is 1. The first-order valence-electron chi connectivity index (χ1n) is 8.07. The lowest BCUT2D eigenvalue weighted by molar-refractivity contribution is 0.102. The molecule has 4 heteroatoms. The van der Waals surface area contributed by atoms with Crippen LogP contribution in [0.25, 0.3) is 0 Å². The number of benzene rings is 2. The van der Waals surface area contributed by atoms with Crippen LogP contribution in [-0.2, 0) is 0 Å². The van der Waals surface area contributed by atoms with E-state index in [4.69, 9.17) is 0 Å². The highest BCUT2D eigenvalue weighted by Gasteiger charge is 2.18. The topological polar surface area (TPSA) is 32.3 Å². The van der Waals surface area contributed by atoms with Crippen LogP contribution >= 0.6 is 15.9 Å². The Morgan fingerprint density at radius 2 is 1.96 bits per heavy atom. The molecule has 1 heterocycles. The van der Waals surface area contributed by atoms with Crippen molar-refractivity contribution in [2.75, 3.05) is 16.8 Å².